The minimum Gasteiger partial charge on any atom is -0.480 e. The zero-order chi connectivity index (χ0) is 14.4. The van der Waals surface area contributed by atoms with Gasteiger partial charge in [0.05, 0.1) is 4.99 Å². The molecule has 1 atom stereocenters. The van der Waals surface area contributed by atoms with Crippen molar-refractivity contribution in [2.75, 3.05) is 0 Å². The summed E-state index contributed by atoms with van der Waals surface area (Å²) >= 11 is 4.83. The Morgan fingerprint density at radius 3 is 2.58 bits per heavy atom. The maximum atomic E-state index is 12.1. The van der Waals surface area contributed by atoms with Gasteiger partial charge in [0.2, 0.25) is 0 Å². The fourth-order valence-corrected chi connectivity index (χ4v) is 1.81. The first-order chi connectivity index (χ1) is 8.95. The second-order valence-corrected chi connectivity index (χ2v) is 4.60. The van der Waals surface area contributed by atoms with Crippen molar-refractivity contribution >= 4 is 29.1 Å². The number of hydrogen-bond acceptors (Lipinski definition) is 3. The fourth-order valence-electron chi connectivity index (χ4n) is 1.66. The van der Waals surface area contributed by atoms with Gasteiger partial charge in [-0.2, -0.15) is 0 Å². The third kappa shape index (κ3) is 4.33. The lowest BCUT2D eigenvalue weighted by Crippen LogP contribution is -2.40. The van der Waals surface area contributed by atoms with Crippen LogP contribution in [0.5, 0.6) is 0 Å². The van der Waals surface area contributed by atoms with Gasteiger partial charge in [-0.1, -0.05) is 37.3 Å². The molecule has 0 aliphatic heterocycles. The summed E-state index contributed by atoms with van der Waals surface area (Å²) in [7, 11) is 0. The molecule has 0 aromatic heterocycles. The molecule has 0 aliphatic carbocycles. The highest BCUT2D eigenvalue weighted by atomic mass is 32.1. The van der Waals surface area contributed by atoms with Gasteiger partial charge in [-0.25, -0.2) is 4.79 Å². The van der Waals surface area contributed by atoms with Crippen LogP contribution in [0.15, 0.2) is 24.3 Å². The average molecular weight is 280 g/mol. The number of hydrogen-bond donors (Lipinski definition) is 3. The van der Waals surface area contributed by atoms with Gasteiger partial charge < -0.3 is 16.2 Å². The molecule has 1 aromatic rings. The largest absolute Gasteiger partial charge is 0.480 e. The van der Waals surface area contributed by atoms with Crippen LogP contribution in [0.25, 0.3) is 0 Å². The van der Waals surface area contributed by atoms with Crippen molar-refractivity contribution in [3.05, 3.63) is 35.4 Å². The Morgan fingerprint density at radius 2 is 2.05 bits per heavy atom. The zero-order valence-corrected chi connectivity index (χ0v) is 11.4. The zero-order valence-electron chi connectivity index (χ0n) is 10.6. The molecule has 0 spiro atoms. The van der Waals surface area contributed by atoms with E-state index >= 15 is 0 Å². The van der Waals surface area contributed by atoms with Crippen LogP contribution < -0.4 is 11.1 Å². The van der Waals surface area contributed by atoms with Gasteiger partial charge in [0.1, 0.15) is 6.04 Å². The molecule has 1 rings (SSSR count). The van der Waals surface area contributed by atoms with Crippen LogP contribution in [0.2, 0.25) is 0 Å². The Labute approximate surface area is 116 Å². The summed E-state index contributed by atoms with van der Waals surface area (Å²) in [4.78, 5) is 23.2. The fraction of sp³-hybridized carbons (Fsp3) is 0.308. The molecular formula is C13H16N2O3S. The summed E-state index contributed by atoms with van der Waals surface area (Å²) in [6.45, 7) is 1.69. The maximum absolute atomic E-state index is 12.1. The SMILES string of the molecule is CCC(NC(=O)c1ccccc1CC(N)=S)C(=O)O. The van der Waals surface area contributed by atoms with Gasteiger partial charge in [-0.3, -0.25) is 4.79 Å². The summed E-state index contributed by atoms with van der Waals surface area (Å²) in [6, 6.07) is 5.96. The molecule has 102 valence electrons. The first-order valence-corrected chi connectivity index (χ1v) is 6.26. The van der Waals surface area contributed by atoms with E-state index in [1.165, 1.54) is 0 Å². The second-order valence-electron chi connectivity index (χ2n) is 4.07. The maximum Gasteiger partial charge on any atom is 0.326 e. The number of carbonyl (C=O) groups excluding carboxylic acids is 1. The molecule has 4 N–H and O–H groups in total. The van der Waals surface area contributed by atoms with E-state index in [0.29, 0.717) is 24.0 Å². The molecule has 19 heavy (non-hydrogen) atoms. The number of carboxylic acids is 1. The topological polar surface area (TPSA) is 92.4 Å². The highest BCUT2D eigenvalue weighted by molar-refractivity contribution is 7.80. The Hall–Kier alpha value is -1.95. The first-order valence-electron chi connectivity index (χ1n) is 5.85. The number of thiocarbonyl (C=S) groups is 1. The normalized spacial score (nSPS) is 11.6. The second kappa shape index (κ2) is 6.84. The van der Waals surface area contributed by atoms with Crippen molar-refractivity contribution < 1.29 is 14.7 Å². The summed E-state index contributed by atoms with van der Waals surface area (Å²) in [5, 5.41) is 11.4. The van der Waals surface area contributed by atoms with Gasteiger partial charge in [0.25, 0.3) is 5.91 Å². The summed E-state index contributed by atoms with van der Waals surface area (Å²) < 4.78 is 0. The van der Waals surface area contributed by atoms with Gasteiger partial charge in [0.15, 0.2) is 0 Å². The molecule has 1 amide bonds. The summed E-state index contributed by atoms with van der Waals surface area (Å²) in [5.41, 5.74) is 6.56. The van der Waals surface area contributed by atoms with Crippen LogP contribution in [0.3, 0.4) is 0 Å². The van der Waals surface area contributed by atoms with Crippen LogP contribution >= 0.6 is 12.2 Å². The van der Waals surface area contributed by atoms with Crippen molar-refractivity contribution in [1.82, 2.24) is 5.32 Å². The molecule has 0 heterocycles. The van der Waals surface area contributed by atoms with Gasteiger partial charge in [-0.05, 0) is 18.1 Å². The lowest BCUT2D eigenvalue weighted by Gasteiger charge is -2.14. The highest BCUT2D eigenvalue weighted by Crippen LogP contribution is 2.10. The van der Waals surface area contributed by atoms with Crippen molar-refractivity contribution in [2.24, 2.45) is 5.73 Å². The molecule has 0 saturated carbocycles. The quantitative estimate of drug-likeness (QED) is 0.679. The average Bonchev–Trinajstić information content (AvgIpc) is 2.35. The van der Waals surface area contributed by atoms with E-state index in [9.17, 15) is 9.59 Å². The molecule has 0 bridgehead atoms. The predicted octanol–water partition coefficient (Wildman–Crippen LogP) is 1.11. The first kappa shape index (κ1) is 15.1. The van der Waals surface area contributed by atoms with Gasteiger partial charge >= 0.3 is 5.97 Å². The van der Waals surface area contributed by atoms with E-state index in [0.717, 1.165) is 0 Å². The third-order valence-electron chi connectivity index (χ3n) is 2.64. The molecular weight excluding hydrogens is 264 g/mol. The monoisotopic (exact) mass is 280 g/mol. The van der Waals surface area contributed by atoms with E-state index in [1.807, 2.05) is 0 Å². The number of amides is 1. The number of nitrogens with one attached hydrogen (secondary N) is 1. The minimum absolute atomic E-state index is 0.283. The van der Waals surface area contributed by atoms with Crippen molar-refractivity contribution in [3.8, 4) is 0 Å². The molecule has 0 saturated heterocycles. The van der Waals surface area contributed by atoms with Gasteiger partial charge in [-0.15, -0.1) is 0 Å². The van der Waals surface area contributed by atoms with Crippen LogP contribution in [0, 0.1) is 0 Å². The van der Waals surface area contributed by atoms with Crippen molar-refractivity contribution in [1.29, 1.82) is 0 Å². The molecule has 0 radical (unpaired) electrons. The Balaban J connectivity index is 2.93. The molecule has 5 nitrogen and oxygen atoms in total. The van der Waals surface area contributed by atoms with Crippen LogP contribution in [0.4, 0.5) is 0 Å². The van der Waals surface area contributed by atoms with Crippen molar-refractivity contribution in [2.45, 2.75) is 25.8 Å². The minimum atomic E-state index is -1.05. The van der Waals surface area contributed by atoms with Crippen molar-refractivity contribution in [3.63, 3.8) is 0 Å². The Morgan fingerprint density at radius 1 is 1.42 bits per heavy atom. The molecule has 6 heteroatoms. The number of benzene rings is 1. The molecule has 1 aromatic carbocycles. The molecule has 0 fully saturated rings. The van der Waals surface area contributed by atoms with Crippen LogP contribution in [-0.2, 0) is 11.2 Å². The van der Waals surface area contributed by atoms with Crippen LogP contribution in [-0.4, -0.2) is 28.0 Å². The van der Waals surface area contributed by atoms with E-state index in [-0.39, 0.29) is 4.99 Å². The smallest absolute Gasteiger partial charge is 0.326 e. The van der Waals surface area contributed by atoms with E-state index in [1.54, 1.807) is 31.2 Å². The number of carboxylic acid groups (broad SMARTS) is 1. The van der Waals surface area contributed by atoms with Crippen LogP contribution in [0.1, 0.15) is 29.3 Å². The number of rotatable bonds is 6. The van der Waals surface area contributed by atoms with Gasteiger partial charge in [0, 0.05) is 12.0 Å². The summed E-state index contributed by atoms with van der Waals surface area (Å²) in [6.07, 6.45) is 0.626. The lowest BCUT2D eigenvalue weighted by atomic mass is 10.0. The number of carbonyl (C=O) groups is 2. The summed E-state index contributed by atoms with van der Waals surface area (Å²) in [5.74, 6) is -1.48. The Kier molecular flexibility index (Phi) is 5.44. The third-order valence-corrected chi connectivity index (χ3v) is 2.78. The molecule has 0 aliphatic rings. The number of aliphatic carboxylic acids is 1. The van der Waals surface area contributed by atoms with E-state index < -0.39 is 17.9 Å². The predicted molar refractivity (Wildman–Crippen MR) is 76.1 cm³/mol. The highest BCUT2D eigenvalue weighted by Gasteiger charge is 2.20. The van der Waals surface area contributed by atoms with E-state index in [2.05, 4.69) is 5.32 Å². The number of nitrogens with two attached hydrogens (primary N) is 1. The van der Waals surface area contributed by atoms with E-state index in [4.69, 9.17) is 23.1 Å². The molecule has 1 unspecified atom stereocenters. The standard InChI is InChI=1S/C13H16N2O3S/c1-2-10(13(17)18)15-12(16)9-6-4-3-5-8(9)7-11(14)19/h3-6,10H,2,7H2,1H3,(H2,14,19)(H,15,16)(H,17,18). The Bertz CT molecular complexity index is 502. The lowest BCUT2D eigenvalue weighted by molar-refractivity contribution is -0.139.